The SMILES string of the molecule is CNCC(C)(C)Nc1ccc(Br)cc1C. The summed E-state index contributed by atoms with van der Waals surface area (Å²) in [6.45, 7) is 7.42. The van der Waals surface area contributed by atoms with Crippen LogP contribution in [0, 0.1) is 6.92 Å². The lowest BCUT2D eigenvalue weighted by atomic mass is 10.0. The van der Waals surface area contributed by atoms with E-state index in [9.17, 15) is 0 Å². The summed E-state index contributed by atoms with van der Waals surface area (Å²) in [4.78, 5) is 0. The molecule has 1 aromatic rings. The maximum atomic E-state index is 3.53. The average Bonchev–Trinajstić information content (AvgIpc) is 2.09. The monoisotopic (exact) mass is 270 g/mol. The van der Waals surface area contributed by atoms with E-state index in [2.05, 4.69) is 65.5 Å². The van der Waals surface area contributed by atoms with Crippen molar-refractivity contribution >= 4 is 21.6 Å². The number of anilines is 1. The van der Waals surface area contributed by atoms with E-state index in [1.165, 1.54) is 11.3 Å². The minimum Gasteiger partial charge on any atom is -0.379 e. The van der Waals surface area contributed by atoms with E-state index in [-0.39, 0.29) is 5.54 Å². The van der Waals surface area contributed by atoms with Gasteiger partial charge < -0.3 is 10.6 Å². The number of likely N-dealkylation sites (N-methyl/N-ethyl adjacent to an activating group) is 1. The van der Waals surface area contributed by atoms with Gasteiger partial charge in [-0.3, -0.25) is 0 Å². The number of halogens is 1. The Bertz CT molecular complexity index is 334. The molecule has 1 aromatic carbocycles. The molecule has 0 amide bonds. The van der Waals surface area contributed by atoms with E-state index >= 15 is 0 Å². The summed E-state index contributed by atoms with van der Waals surface area (Å²) in [6.07, 6.45) is 0. The van der Waals surface area contributed by atoms with Crippen LogP contribution >= 0.6 is 15.9 Å². The molecule has 3 heteroatoms. The summed E-state index contributed by atoms with van der Waals surface area (Å²) in [6, 6.07) is 6.29. The van der Waals surface area contributed by atoms with E-state index in [0.29, 0.717) is 0 Å². The van der Waals surface area contributed by atoms with Gasteiger partial charge in [0.2, 0.25) is 0 Å². The maximum absolute atomic E-state index is 3.53. The first-order chi connectivity index (χ1) is 6.94. The molecule has 0 fully saturated rings. The van der Waals surface area contributed by atoms with Crippen molar-refractivity contribution in [2.75, 3.05) is 18.9 Å². The summed E-state index contributed by atoms with van der Waals surface area (Å²) in [7, 11) is 1.97. The van der Waals surface area contributed by atoms with Crippen LogP contribution in [0.5, 0.6) is 0 Å². The summed E-state index contributed by atoms with van der Waals surface area (Å²) >= 11 is 3.47. The minimum absolute atomic E-state index is 0.0628. The molecule has 0 bridgehead atoms. The third-order valence-corrected chi connectivity index (χ3v) is 2.77. The molecule has 2 nitrogen and oxygen atoms in total. The molecule has 84 valence electrons. The van der Waals surface area contributed by atoms with Crippen LogP contribution in [0.1, 0.15) is 19.4 Å². The smallest absolute Gasteiger partial charge is 0.0441 e. The second-order valence-electron chi connectivity index (χ2n) is 4.50. The van der Waals surface area contributed by atoms with Crippen LogP contribution in [0.3, 0.4) is 0 Å². The fraction of sp³-hybridized carbons (Fsp3) is 0.500. The van der Waals surface area contributed by atoms with Gasteiger partial charge in [-0.25, -0.2) is 0 Å². The van der Waals surface area contributed by atoms with Gasteiger partial charge in [0.05, 0.1) is 0 Å². The van der Waals surface area contributed by atoms with E-state index in [1.54, 1.807) is 0 Å². The Balaban J connectivity index is 2.80. The van der Waals surface area contributed by atoms with Crippen molar-refractivity contribution in [1.82, 2.24) is 5.32 Å². The predicted octanol–water partition coefficient (Wildman–Crippen LogP) is 3.17. The third-order valence-electron chi connectivity index (χ3n) is 2.28. The number of aryl methyl sites for hydroxylation is 1. The molecule has 2 N–H and O–H groups in total. The van der Waals surface area contributed by atoms with Gasteiger partial charge in [0.15, 0.2) is 0 Å². The second kappa shape index (κ2) is 4.99. The average molecular weight is 271 g/mol. The van der Waals surface area contributed by atoms with Crippen molar-refractivity contribution in [3.63, 3.8) is 0 Å². The first-order valence-electron chi connectivity index (χ1n) is 5.13. The van der Waals surface area contributed by atoms with Crippen LogP contribution in [0.25, 0.3) is 0 Å². The Hall–Kier alpha value is -0.540. The Morgan fingerprint density at radius 2 is 2.00 bits per heavy atom. The quantitative estimate of drug-likeness (QED) is 0.879. The Kier molecular flexibility index (Phi) is 4.17. The van der Waals surface area contributed by atoms with Crippen molar-refractivity contribution in [3.8, 4) is 0 Å². The number of nitrogens with one attached hydrogen (secondary N) is 2. The number of hydrogen-bond donors (Lipinski definition) is 2. The highest BCUT2D eigenvalue weighted by Crippen LogP contribution is 2.22. The molecular formula is C12H19BrN2. The van der Waals surface area contributed by atoms with Gasteiger partial charge in [0.25, 0.3) is 0 Å². The third kappa shape index (κ3) is 3.84. The maximum Gasteiger partial charge on any atom is 0.0441 e. The molecule has 0 aliphatic rings. The Labute approximate surface area is 101 Å². The van der Waals surface area contributed by atoms with E-state index < -0.39 is 0 Å². The largest absolute Gasteiger partial charge is 0.379 e. The molecule has 0 atom stereocenters. The van der Waals surface area contributed by atoms with Gasteiger partial charge in [-0.15, -0.1) is 0 Å². The number of rotatable bonds is 4. The predicted molar refractivity (Wildman–Crippen MR) is 70.5 cm³/mol. The van der Waals surface area contributed by atoms with Gasteiger partial charge >= 0.3 is 0 Å². The highest BCUT2D eigenvalue weighted by molar-refractivity contribution is 9.10. The van der Waals surface area contributed by atoms with E-state index in [0.717, 1.165) is 11.0 Å². The van der Waals surface area contributed by atoms with Crippen LogP contribution in [0.15, 0.2) is 22.7 Å². The van der Waals surface area contributed by atoms with Gasteiger partial charge in [-0.1, -0.05) is 15.9 Å². The Morgan fingerprint density at radius 3 is 2.53 bits per heavy atom. The van der Waals surface area contributed by atoms with E-state index in [1.807, 2.05) is 7.05 Å². The molecule has 0 heterocycles. The minimum atomic E-state index is 0.0628. The standard InChI is InChI=1S/C12H19BrN2/c1-9-7-10(13)5-6-11(9)15-12(2,3)8-14-4/h5-7,14-15H,8H2,1-4H3. The lowest BCUT2D eigenvalue weighted by Crippen LogP contribution is -2.40. The fourth-order valence-electron chi connectivity index (χ4n) is 1.62. The topological polar surface area (TPSA) is 24.1 Å². The molecule has 15 heavy (non-hydrogen) atoms. The fourth-order valence-corrected chi connectivity index (χ4v) is 2.09. The molecule has 0 aromatic heterocycles. The molecule has 0 aliphatic carbocycles. The summed E-state index contributed by atoms with van der Waals surface area (Å²) in [5.41, 5.74) is 2.51. The lowest BCUT2D eigenvalue weighted by molar-refractivity contribution is 0.530. The molecule has 0 unspecified atom stereocenters. The van der Waals surface area contributed by atoms with E-state index in [4.69, 9.17) is 0 Å². The van der Waals surface area contributed by atoms with Crippen molar-refractivity contribution in [3.05, 3.63) is 28.2 Å². The highest BCUT2D eigenvalue weighted by atomic mass is 79.9. The zero-order valence-electron chi connectivity index (χ0n) is 9.82. The van der Waals surface area contributed by atoms with Crippen LogP contribution in [-0.4, -0.2) is 19.1 Å². The van der Waals surface area contributed by atoms with Crippen LogP contribution in [0.4, 0.5) is 5.69 Å². The summed E-state index contributed by atoms with van der Waals surface area (Å²) < 4.78 is 1.12. The number of hydrogen-bond acceptors (Lipinski definition) is 2. The summed E-state index contributed by atoms with van der Waals surface area (Å²) in [5, 5.41) is 6.72. The van der Waals surface area contributed by atoms with Crippen molar-refractivity contribution < 1.29 is 0 Å². The normalized spacial score (nSPS) is 11.5. The first kappa shape index (κ1) is 12.5. The van der Waals surface area contributed by atoms with Crippen molar-refractivity contribution in [1.29, 1.82) is 0 Å². The van der Waals surface area contributed by atoms with Gasteiger partial charge in [0, 0.05) is 22.2 Å². The molecule has 1 rings (SSSR count). The molecular weight excluding hydrogens is 252 g/mol. The molecule has 0 radical (unpaired) electrons. The zero-order chi connectivity index (χ0) is 11.5. The summed E-state index contributed by atoms with van der Waals surface area (Å²) in [5.74, 6) is 0. The van der Waals surface area contributed by atoms with Gasteiger partial charge in [-0.05, 0) is 51.6 Å². The van der Waals surface area contributed by atoms with Gasteiger partial charge in [-0.2, -0.15) is 0 Å². The van der Waals surface area contributed by atoms with Crippen molar-refractivity contribution in [2.45, 2.75) is 26.3 Å². The first-order valence-corrected chi connectivity index (χ1v) is 5.93. The molecule has 0 saturated heterocycles. The zero-order valence-corrected chi connectivity index (χ0v) is 11.4. The van der Waals surface area contributed by atoms with Crippen LogP contribution in [0.2, 0.25) is 0 Å². The number of benzene rings is 1. The second-order valence-corrected chi connectivity index (χ2v) is 5.41. The molecule has 0 saturated carbocycles. The Morgan fingerprint density at radius 1 is 1.33 bits per heavy atom. The molecule has 0 aliphatic heterocycles. The lowest BCUT2D eigenvalue weighted by Gasteiger charge is -2.28. The van der Waals surface area contributed by atoms with Gasteiger partial charge in [0.1, 0.15) is 0 Å². The molecule has 0 spiro atoms. The highest BCUT2D eigenvalue weighted by Gasteiger charge is 2.16. The van der Waals surface area contributed by atoms with Crippen LogP contribution in [-0.2, 0) is 0 Å². The van der Waals surface area contributed by atoms with Crippen molar-refractivity contribution in [2.24, 2.45) is 0 Å². The van der Waals surface area contributed by atoms with Crippen LogP contribution < -0.4 is 10.6 Å².